The summed E-state index contributed by atoms with van der Waals surface area (Å²) in [6.45, 7) is 5.70. The van der Waals surface area contributed by atoms with Crippen LogP contribution in [0.4, 0.5) is 0 Å². The van der Waals surface area contributed by atoms with Crippen LogP contribution in [-0.2, 0) is 9.53 Å². The van der Waals surface area contributed by atoms with Crippen LogP contribution in [0.5, 0.6) is 5.75 Å². The molecule has 0 bridgehead atoms. The van der Waals surface area contributed by atoms with Crippen molar-refractivity contribution in [2.24, 2.45) is 0 Å². The van der Waals surface area contributed by atoms with Gasteiger partial charge in [0.2, 0.25) is 0 Å². The van der Waals surface area contributed by atoms with Crippen LogP contribution in [0, 0.1) is 0 Å². The number of phenols is 1. The molecule has 0 aliphatic heterocycles. The number of ether oxygens (including phenoxy) is 1. The summed E-state index contributed by atoms with van der Waals surface area (Å²) >= 11 is 0. The van der Waals surface area contributed by atoms with E-state index in [-0.39, 0.29) is 18.3 Å². The zero-order valence-corrected chi connectivity index (χ0v) is 10.1. The fourth-order valence-electron chi connectivity index (χ4n) is 1.71. The van der Waals surface area contributed by atoms with E-state index in [0.717, 1.165) is 6.42 Å². The van der Waals surface area contributed by atoms with Gasteiger partial charge >= 0.3 is 5.97 Å². The summed E-state index contributed by atoms with van der Waals surface area (Å²) < 4.78 is 5.05. The Bertz CT molecular complexity index is 385. The molecule has 0 aromatic heterocycles. The van der Waals surface area contributed by atoms with Crippen LogP contribution in [0.15, 0.2) is 36.9 Å². The van der Waals surface area contributed by atoms with Crippen LogP contribution in [0.1, 0.15) is 31.2 Å². The normalized spacial score (nSPS) is 11.8. The van der Waals surface area contributed by atoms with Crippen LogP contribution in [-0.4, -0.2) is 17.7 Å². The highest BCUT2D eigenvalue weighted by molar-refractivity contribution is 5.79. The summed E-state index contributed by atoms with van der Waals surface area (Å²) in [6, 6.07) is 6.87. The molecule has 1 N–H and O–H groups in total. The summed E-state index contributed by atoms with van der Waals surface area (Å²) in [4.78, 5) is 11.9. The molecule has 3 heteroatoms. The van der Waals surface area contributed by atoms with Crippen molar-refractivity contribution in [3.8, 4) is 5.75 Å². The first-order valence-electron chi connectivity index (χ1n) is 5.76. The first-order valence-corrected chi connectivity index (χ1v) is 5.76. The summed E-state index contributed by atoms with van der Waals surface area (Å²) in [5.74, 6) is -0.573. The van der Waals surface area contributed by atoms with Gasteiger partial charge in [0.25, 0.3) is 0 Å². The summed E-state index contributed by atoms with van der Waals surface area (Å²) in [5.41, 5.74) is 0.628. The molecule has 0 saturated carbocycles. The Kier molecular flexibility index (Phi) is 5.27. The molecule has 1 unspecified atom stereocenters. The second-order valence-corrected chi connectivity index (χ2v) is 3.82. The van der Waals surface area contributed by atoms with E-state index in [1.165, 1.54) is 6.08 Å². The molecule has 3 nitrogen and oxygen atoms in total. The Labute approximate surface area is 102 Å². The molecular weight excluding hydrogens is 216 g/mol. The number of para-hydroxylation sites is 1. The van der Waals surface area contributed by atoms with Gasteiger partial charge in [-0.3, -0.25) is 4.79 Å². The predicted molar refractivity (Wildman–Crippen MR) is 66.9 cm³/mol. The highest BCUT2D eigenvalue weighted by Gasteiger charge is 2.23. The highest BCUT2D eigenvalue weighted by Crippen LogP contribution is 2.29. The van der Waals surface area contributed by atoms with Gasteiger partial charge < -0.3 is 9.84 Å². The third kappa shape index (κ3) is 3.63. The van der Waals surface area contributed by atoms with Crippen molar-refractivity contribution in [1.82, 2.24) is 0 Å². The number of hydrogen-bond donors (Lipinski definition) is 1. The average molecular weight is 234 g/mol. The minimum atomic E-state index is -0.402. The van der Waals surface area contributed by atoms with Crippen molar-refractivity contribution < 1.29 is 14.6 Å². The monoisotopic (exact) mass is 234 g/mol. The molecule has 17 heavy (non-hydrogen) atoms. The maximum atomic E-state index is 11.9. The molecule has 0 aliphatic rings. The molecule has 1 rings (SSSR count). The van der Waals surface area contributed by atoms with Gasteiger partial charge in [-0.15, -0.1) is 0 Å². The maximum absolute atomic E-state index is 11.9. The third-order valence-corrected chi connectivity index (χ3v) is 2.52. The van der Waals surface area contributed by atoms with Crippen molar-refractivity contribution in [2.45, 2.75) is 25.7 Å². The molecule has 0 fully saturated rings. The number of benzene rings is 1. The molecule has 92 valence electrons. The van der Waals surface area contributed by atoms with E-state index in [9.17, 15) is 9.90 Å². The predicted octanol–water partition coefficient (Wildman–Crippen LogP) is 3.01. The Morgan fingerprint density at radius 2 is 2.24 bits per heavy atom. The molecule has 0 heterocycles. The smallest absolute Gasteiger partial charge is 0.313 e. The van der Waals surface area contributed by atoms with E-state index in [4.69, 9.17) is 4.74 Å². The molecule has 0 aliphatic carbocycles. The van der Waals surface area contributed by atoms with Crippen LogP contribution < -0.4 is 0 Å². The molecule has 0 radical (unpaired) electrons. The minimum absolute atomic E-state index is 0.140. The van der Waals surface area contributed by atoms with Crippen molar-refractivity contribution in [3.05, 3.63) is 42.5 Å². The molecule has 1 aromatic rings. The van der Waals surface area contributed by atoms with E-state index >= 15 is 0 Å². The van der Waals surface area contributed by atoms with Crippen molar-refractivity contribution >= 4 is 5.97 Å². The zero-order chi connectivity index (χ0) is 12.7. The van der Waals surface area contributed by atoms with Crippen LogP contribution in [0.2, 0.25) is 0 Å². The molecular formula is C14H18O3. The Balaban J connectivity index is 2.88. The minimum Gasteiger partial charge on any atom is -0.508 e. The second kappa shape index (κ2) is 6.74. The van der Waals surface area contributed by atoms with Gasteiger partial charge in [0.15, 0.2) is 0 Å². The summed E-state index contributed by atoms with van der Waals surface area (Å²) in [6.07, 6.45) is 3.04. The quantitative estimate of drug-likeness (QED) is 0.608. The number of aromatic hydroxyl groups is 1. The molecule has 1 atom stereocenters. The van der Waals surface area contributed by atoms with Gasteiger partial charge in [-0.25, -0.2) is 0 Å². The van der Waals surface area contributed by atoms with Gasteiger partial charge in [0, 0.05) is 5.56 Å². The van der Waals surface area contributed by atoms with Gasteiger partial charge in [-0.1, -0.05) is 44.2 Å². The van der Waals surface area contributed by atoms with Gasteiger partial charge in [-0.2, -0.15) is 0 Å². The van der Waals surface area contributed by atoms with E-state index < -0.39 is 5.92 Å². The number of rotatable bonds is 6. The number of carbonyl (C=O) groups is 1. The van der Waals surface area contributed by atoms with E-state index in [0.29, 0.717) is 12.0 Å². The van der Waals surface area contributed by atoms with Crippen molar-refractivity contribution in [2.75, 3.05) is 6.61 Å². The first kappa shape index (κ1) is 13.3. The van der Waals surface area contributed by atoms with Gasteiger partial charge in [0.05, 0.1) is 5.92 Å². The fraction of sp³-hybridized carbons (Fsp3) is 0.357. The number of hydrogen-bond acceptors (Lipinski definition) is 3. The Morgan fingerprint density at radius 1 is 1.53 bits per heavy atom. The number of esters is 1. The molecule has 0 spiro atoms. The Hall–Kier alpha value is -1.77. The third-order valence-electron chi connectivity index (χ3n) is 2.52. The maximum Gasteiger partial charge on any atom is 0.313 e. The zero-order valence-electron chi connectivity index (χ0n) is 10.1. The lowest BCUT2D eigenvalue weighted by Gasteiger charge is -2.16. The lowest BCUT2D eigenvalue weighted by molar-refractivity contribution is -0.144. The lowest BCUT2D eigenvalue weighted by Crippen LogP contribution is -2.16. The first-order chi connectivity index (χ1) is 8.20. The highest BCUT2D eigenvalue weighted by atomic mass is 16.5. The van der Waals surface area contributed by atoms with E-state index in [2.05, 4.69) is 6.58 Å². The van der Waals surface area contributed by atoms with Crippen LogP contribution >= 0.6 is 0 Å². The second-order valence-electron chi connectivity index (χ2n) is 3.82. The topological polar surface area (TPSA) is 46.5 Å². The molecule has 1 aromatic carbocycles. The molecule has 0 amide bonds. The average Bonchev–Trinajstić information content (AvgIpc) is 2.34. The van der Waals surface area contributed by atoms with Crippen LogP contribution in [0.3, 0.4) is 0 Å². The van der Waals surface area contributed by atoms with Crippen molar-refractivity contribution in [3.63, 3.8) is 0 Å². The number of carbonyl (C=O) groups excluding carboxylic acids is 1. The van der Waals surface area contributed by atoms with Gasteiger partial charge in [-0.05, 0) is 12.5 Å². The largest absolute Gasteiger partial charge is 0.508 e. The van der Waals surface area contributed by atoms with E-state index in [1.54, 1.807) is 24.3 Å². The van der Waals surface area contributed by atoms with Crippen molar-refractivity contribution in [1.29, 1.82) is 0 Å². The van der Waals surface area contributed by atoms with E-state index in [1.807, 2.05) is 6.92 Å². The standard InChI is InChI=1S/C14H18O3/c1-3-7-12(14(16)17-10-4-2)11-8-5-6-9-13(11)15/h4-6,8-9,12,15H,2-3,7,10H2,1H3. The SMILES string of the molecule is C=CCOC(=O)C(CCC)c1ccccc1O. The summed E-state index contributed by atoms with van der Waals surface area (Å²) in [5, 5.41) is 9.75. The summed E-state index contributed by atoms with van der Waals surface area (Å²) in [7, 11) is 0. The fourth-order valence-corrected chi connectivity index (χ4v) is 1.71. The van der Waals surface area contributed by atoms with Crippen LogP contribution in [0.25, 0.3) is 0 Å². The van der Waals surface area contributed by atoms with Gasteiger partial charge in [0.1, 0.15) is 12.4 Å². The lowest BCUT2D eigenvalue weighted by atomic mass is 9.94. The number of phenolic OH excluding ortho intramolecular Hbond substituents is 1. The molecule has 0 saturated heterocycles. The Morgan fingerprint density at radius 3 is 2.82 bits per heavy atom.